The van der Waals surface area contributed by atoms with Gasteiger partial charge in [0.05, 0.1) is 0 Å². The summed E-state index contributed by atoms with van der Waals surface area (Å²) in [5.74, 6) is 0.710. The Balaban J connectivity index is 1.68. The van der Waals surface area contributed by atoms with Gasteiger partial charge in [-0.15, -0.1) is 11.8 Å². The van der Waals surface area contributed by atoms with Gasteiger partial charge < -0.3 is 9.64 Å². The van der Waals surface area contributed by atoms with Crippen LogP contribution in [0.2, 0.25) is 0 Å². The van der Waals surface area contributed by atoms with Crippen LogP contribution in [-0.4, -0.2) is 35.9 Å². The summed E-state index contributed by atoms with van der Waals surface area (Å²) in [7, 11) is 0. The topological polar surface area (TPSA) is 29.5 Å². The molecular weight excluding hydrogens is 330 g/mol. The van der Waals surface area contributed by atoms with Crippen LogP contribution in [0.3, 0.4) is 0 Å². The van der Waals surface area contributed by atoms with Crippen LogP contribution in [0.25, 0.3) is 6.08 Å². The van der Waals surface area contributed by atoms with Gasteiger partial charge in [0, 0.05) is 18.0 Å². The first kappa shape index (κ1) is 19.9. The van der Waals surface area contributed by atoms with E-state index in [0.29, 0.717) is 5.92 Å². The van der Waals surface area contributed by atoms with E-state index >= 15 is 0 Å². The van der Waals surface area contributed by atoms with Gasteiger partial charge in [-0.25, -0.2) is 4.79 Å². The molecule has 0 atom stereocenters. The highest BCUT2D eigenvalue weighted by Crippen LogP contribution is 2.24. The highest BCUT2D eigenvalue weighted by Gasteiger charge is 2.26. The highest BCUT2D eigenvalue weighted by atomic mass is 32.2. The number of carbonyl (C=O) groups is 1. The summed E-state index contributed by atoms with van der Waals surface area (Å²) in [5, 5.41) is 0. The first-order valence-corrected chi connectivity index (χ1v) is 10.4. The second kappa shape index (κ2) is 9.33. The number of likely N-dealkylation sites (tertiary alicyclic amines) is 1. The zero-order valence-corrected chi connectivity index (χ0v) is 16.8. The zero-order valence-electron chi connectivity index (χ0n) is 16.0. The summed E-state index contributed by atoms with van der Waals surface area (Å²) < 4.78 is 5.45. The van der Waals surface area contributed by atoms with Crippen LogP contribution in [0.5, 0.6) is 0 Å². The molecule has 4 heteroatoms. The van der Waals surface area contributed by atoms with Crippen molar-refractivity contribution in [3.05, 3.63) is 35.9 Å². The van der Waals surface area contributed by atoms with Crippen LogP contribution in [0.1, 0.15) is 52.0 Å². The van der Waals surface area contributed by atoms with Gasteiger partial charge in [-0.2, -0.15) is 0 Å². The Morgan fingerprint density at radius 3 is 2.44 bits per heavy atom. The van der Waals surface area contributed by atoms with Gasteiger partial charge in [-0.05, 0) is 76.3 Å². The fraction of sp³-hybridized carbons (Fsp3) is 0.571. The lowest BCUT2D eigenvalue weighted by atomic mass is 9.92. The fourth-order valence-corrected chi connectivity index (χ4v) is 3.41. The first-order valence-electron chi connectivity index (χ1n) is 9.16. The zero-order chi connectivity index (χ0) is 18.3. The molecule has 1 aromatic carbocycles. The number of hydrogen-bond donors (Lipinski definition) is 0. The van der Waals surface area contributed by atoms with Crippen LogP contribution in [-0.2, 0) is 4.74 Å². The van der Waals surface area contributed by atoms with Crippen molar-refractivity contribution in [2.24, 2.45) is 5.92 Å². The average Bonchev–Trinajstić information content (AvgIpc) is 2.58. The Hall–Kier alpha value is -1.42. The van der Waals surface area contributed by atoms with Crippen LogP contribution in [0.15, 0.2) is 35.2 Å². The minimum absolute atomic E-state index is 0.167. The number of hydrogen-bond acceptors (Lipinski definition) is 3. The van der Waals surface area contributed by atoms with Crippen molar-refractivity contribution < 1.29 is 9.53 Å². The number of allylic oxidation sites excluding steroid dienone is 1. The molecule has 0 N–H and O–H groups in total. The first-order chi connectivity index (χ1) is 11.9. The largest absolute Gasteiger partial charge is 0.444 e. The second-order valence-corrected chi connectivity index (χ2v) is 8.54. The van der Waals surface area contributed by atoms with E-state index in [9.17, 15) is 4.79 Å². The maximum Gasteiger partial charge on any atom is 0.410 e. The van der Waals surface area contributed by atoms with Crippen molar-refractivity contribution in [2.45, 2.75) is 57.0 Å². The van der Waals surface area contributed by atoms with Crippen molar-refractivity contribution in [3.63, 3.8) is 0 Å². The van der Waals surface area contributed by atoms with E-state index in [1.165, 1.54) is 16.9 Å². The lowest BCUT2D eigenvalue weighted by Gasteiger charge is -2.33. The lowest BCUT2D eigenvalue weighted by molar-refractivity contribution is 0.0181. The van der Waals surface area contributed by atoms with Gasteiger partial charge in [0.2, 0.25) is 0 Å². The molecule has 0 unspecified atom stereocenters. The molecule has 0 aromatic heterocycles. The molecule has 3 nitrogen and oxygen atoms in total. The molecule has 1 heterocycles. The molecule has 0 spiro atoms. The quantitative estimate of drug-likeness (QED) is 0.616. The molecule has 0 radical (unpaired) electrons. The molecule has 1 fully saturated rings. The molecule has 138 valence electrons. The maximum absolute atomic E-state index is 12.1. The molecule has 0 aliphatic carbocycles. The smallest absolute Gasteiger partial charge is 0.410 e. The summed E-state index contributed by atoms with van der Waals surface area (Å²) in [6.07, 6.45) is 10.9. The van der Waals surface area contributed by atoms with Crippen molar-refractivity contribution in [1.29, 1.82) is 0 Å². The molecule has 0 bridgehead atoms. The molecule has 1 aliphatic rings. The lowest BCUT2D eigenvalue weighted by Crippen LogP contribution is -2.41. The van der Waals surface area contributed by atoms with E-state index in [4.69, 9.17) is 4.74 Å². The van der Waals surface area contributed by atoms with E-state index in [-0.39, 0.29) is 6.09 Å². The predicted octanol–water partition coefficient (Wildman–Crippen LogP) is 5.85. The van der Waals surface area contributed by atoms with Crippen molar-refractivity contribution in [3.8, 4) is 0 Å². The third kappa shape index (κ3) is 7.15. The van der Waals surface area contributed by atoms with Crippen molar-refractivity contribution in [2.75, 3.05) is 19.3 Å². The number of amides is 1. The van der Waals surface area contributed by atoms with E-state index in [1.807, 2.05) is 25.7 Å². The summed E-state index contributed by atoms with van der Waals surface area (Å²) in [6.45, 7) is 7.38. The Bertz CT molecular complexity index is 567. The number of nitrogens with zero attached hydrogens (tertiary/aromatic N) is 1. The molecule has 25 heavy (non-hydrogen) atoms. The minimum atomic E-state index is -0.410. The number of piperidine rings is 1. The summed E-state index contributed by atoms with van der Waals surface area (Å²) in [5.41, 5.74) is 0.852. The van der Waals surface area contributed by atoms with Gasteiger partial charge in [0.15, 0.2) is 0 Å². The van der Waals surface area contributed by atoms with Crippen LogP contribution in [0, 0.1) is 5.92 Å². The van der Waals surface area contributed by atoms with Gasteiger partial charge in [0.25, 0.3) is 0 Å². The molecule has 1 aromatic rings. The Morgan fingerprint density at radius 2 is 1.88 bits per heavy atom. The van der Waals surface area contributed by atoms with Crippen LogP contribution < -0.4 is 0 Å². The van der Waals surface area contributed by atoms with Crippen LogP contribution >= 0.6 is 11.8 Å². The van der Waals surface area contributed by atoms with E-state index in [0.717, 1.165) is 32.4 Å². The number of ether oxygens (including phenoxy) is 1. The SMILES string of the molecule is CSc1ccc(/C=C/CCC2CCN(C(=O)OC(C)(C)C)CC2)cc1. The Labute approximate surface area is 156 Å². The summed E-state index contributed by atoms with van der Waals surface area (Å²) >= 11 is 1.77. The highest BCUT2D eigenvalue weighted by molar-refractivity contribution is 7.98. The molecule has 1 saturated heterocycles. The van der Waals surface area contributed by atoms with Gasteiger partial charge in [-0.1, -0.05) is 24.3 Å². The molecule has 1 aliphatic heterocycles. The monoisotopic (exact) mass is 361 g/mol. The fourth-order valence-electron chi connectivity index (χ4n) is 3.00. The summed E-state index contributed by atoms with van der Waals surface area (Å²) in [6, 6.07) is 8.66. The minimum Gasteiger partial charge on any atom is -0.444 e. The molecule has 2 rings (SSSR count). The van der Waals surface area contributed by atoms with Gasteiger partial charge >= 0.3 is 6.09 Å². The van der Waals surface area contributed by atoms with Gasteiger partial charge in [-0.3, -0.25) is 0 Å². The number of rotatable bonds is 5. The van der Waals surface area contributed by atoms with Crippen LogP contribution in [0.4, 0.5) is 4.79 Å². The Kier molecular flexibility index (Phi) is 7.42. The molecular formula is C21H31NO2S. The second-order valence-electron chi connectivity index (χ2n) is 7.66. The average molecular weight is 362 g/mol. The van der Waals surface area contributed by atoms with E-state index < -0.39 is 5.60 Å². The molecule has 0 saturated carbocycles. The number of thioether (sulfide) groups is 1. The van der Waals surface area contributed by atoms with Crippen molar-refractivity contribution in [1.82, 2.24) is 4.90 Å². The third-order valence-electron chi connectivity index (χ3n) is 4.43. The maximum atomic E-state index is 12.1. The summed E-state index contributed by atoms with van der Waals surface area (Å²) in [4.78, 5) is 15.2. The van der Waals surface area contributed by atoms with Gasteiger partial charge in [0.1, 0.15) is 5.60 Å². The normalized spacial score (nSPS) is 16.4. The number of carbonyl (C=O) groups excluding carboxylic acids is 1. The van der Waals surface area contributed by atoms with Crippen molar-refractivity contribution >= 4 is 23.9 Å². The molecule has 1 amide bonds. The number of benzene rings is 1. The predicted molar refractivity (Wildman–Crippen MR) is 107 cm³/mol. The van der Waals surface area contributed by atoms with E-state index in [2.05, 4.69) is 42.7 Å². The standard InChI is InChI=1S/C21H31NO2S/c1-21(2,3)24-20(23)22-15-13-18(14-16-22)8-6-5-7-17-9-11-19(25-4)12-10-17/h5,7,9-12,18H,6,8,13-16H2,1-4H3/b7-5+. The third-order valence-corrected chi connectivity index (χ3v) is 5.18. The van der Waals surface area contributed by atoms with E-state index in [1.54, 1.807) is 11.8 Å². The Morgan fingerprint density at radius 1 is 1.24 bits per heavy atom.